The highest BCUT2D eigenvalue weighted by Gasteiger charge is 2.09. The van der Waals surface area contributed by atoms with Crippen LogP contribution in [0.25, 0.3) is 0 Å². The highest BCUT2D eigenvalue weighted by atomic mass is 32.1. The van der Waals surface area contributed by atoms with E-state index in [2.05, 4.69) is 29.1 Å². The monoisotopic (exact) mass is 251 g/mol. The fraction of sp³-hybridized carbons (Fsp3) is 0.545. The van der Waals surface area contributed by atoms with Gasteiger partial charge in [0, 0.05) is 18.4 Å². The van der Waals surface area contributed by atoms with Crippen LogP contribution in [0.5, 0.6) is 0 Å². The van der Waals surface area contributed by atoms with Crippen molar-refractivity contribution in [1.29, 1.82) is 0 Å². The molecule has 0 aliphatic rings. The molecule has 5 nitrogen and oxygen atoms in total. The van der Waals surface area contributed by atoms with Gasteiger partial charge in [0.1, 0.15) is 6.54 Å². The Morgan fingerprint density at radius 1 is 1.47 bits per heavy atom. The van der Waals surface area contributed by atoms with Crippen molar-refractivity contribution in [3.8, 4) is 0 Å². The zero-order valence-corrected chi connectivity index (χ0v) is 11.2. The molecular weight excluding hydrogens is 234 g/mol. The molecule has 1 N–H and O–H groups in total. The Morgan fingerprint density at radius 3 is 2.82 bits per heavy atom. The highest BCUT2D eigenvalue weighted by molar-refractivity contribution is 7.71. The third kappa shape index (κ3) is 2.63. The number of aryl methyl sites for hydroxylation is 1. The summed E-state index contributed by atoms with van der Waals surface area (Å²) in [6.07, 6.45) is 1.80. The average molecular weight is 251 g/mol. The lowest BCUT2D eigenvalue weighted by Crippen LogP contribution is -2.13. The summed E-state index contributed by atoms with van der Waals surface area (Å²) in [5.41, 5.74) is 1.12. The van der Waals surface area contributed by atoms with Crippen LogP contribution in [0.1, 0.15) is 25.4 Å². The van der Waals surface area contributed by atoms with Crippen molar-refractivity contribution < 1.29 is 0 Å². The van der Waals surface area contributed by atoms with Crippen molar-refractivity contribution in [2.45, 2.75) is 33.9 Å². The van der Waals surface area contributed by atoms with Crippen molar-refractivity contribution in [3.63, 3.8) is 0 Å². The van der Waals surface area contributed by atoms with Crippen LogP contribution in [0.15, 0.2) is 12.3 Å². The molecule has 0 aliphatic carbocycles. The maximum absolute atomic E-state index is 5.24. The van der Waals surface area contributed by atoms with Crippen LogP contribution in [0.4, 0.5) is 0 Å². The summed E-state index contributed by atoms with van der Waals surface area (Å²) < 4.78 is 4.64. The van der Waals surface area contributed by atoms with Gasteiger partial charge in [-0.2, -0.15) is 10.2 Å². The van der Waals surface area contributed by atoms with E-state index >= 15 is 0 Å². The van der Waals surface area contributed by atoms with Gasteiger partial charge >= 0.3 is 0 Å². The van der Waals surface area contributed by atoms with Crippen LogP contribution in [0.2, 0.25) is 0 Å². The molecule has 0 spiro atoms. The Labute approximate surface area is 105 Å². The van der Waals surface area contributed by atoms with Gasteiger partial charge in [-0.25, -0.2) is 0 Å². The van der Waals surface area contributed by atoms with Crippen LogP contribution in [0.3, 0.4) is 0 Å². The number of rotatable bonds is 4. The number of aromatic nitrogens is 5. The van der Waals surface area contributed by atoms with E-state index in [1.807, 2.05) is 22.2 Å². The third-order valence-electron chi connectivity index (χ3n) is 2.61. The zero-order valence-electron chi connectivity index (χ0n) is 10.3. The number of aromatic amines is 1. The molecule has 2 aromatic heterocycles. The molecule has 0 unspecified atom stereocenters. The Hall–Kier alpha value is -1.43. The summed E-state index contributed by atoms with van der Waals surface area (Å²) in [4.78, 5) is 0. The van der Waals surface area contributed by atoms with E-state index in [-0.39, 0.29) is 0 Å². The maximum atomic E-state index is 5.24. The topological polar surface area (TPSA) is 51.4 Å². The second-order valence-corrected chi connectivity index (χ2v) is 4.97. The van der Waals surface area contributed by atoms with E-state index in [4.69, 9.17) is 12.2 Å². The molecule has 0 atom stereocenters. The van der Waals surface area contributed by atoms with Crippen LogP contribution < -0.4 is 0 Å². The number of hydrogen-bond acceptors (Lipinski definition) is 3. The molecule has 92 valence electrons. The van der Waals surface area contributed by atoms with E-state index in [0.717, 1.165) is 18.1 Å². The van der Waals surface area contributed by atoms with Crippen molar-refractivity contribution >= 4 is 12.2 Å². The van der Waals surface area contributed by atoms with Gasteiger partial charge in [-0.3, -0.25) is 9.78 Å². The minimum absolute atomic E-state index is 0.539. The lowest BCUT2D eigenvalue weighted by atomic mass is 10.2. The van der Waals surface area contributed by atoms with Gasteiger partial charge < -0.3 is 4.57 Å². The number of nitrogens with one attached hydrogen (secondary N) is 1. The number of hydrogen-bond donors (Lipinski definition) is 1. The molecule has 17 heavy (non-hydrogen) atoms. The third-order valence-corrected chi connectivity index (χ3v) is 2.92. The summed E-state index contributed by atoms with van der Waals surface area (Å²) in [5.74, 6) is 1.47. The van der Waals surface area contributed by atoms with E-state index in [0.29, 0.717) is 17.2 Å². The number of H-pyrrole nitrogens is 1. The van der Waals surface area contributed by atoms with E-state index in [9.17, 15) is 0 Å². The lowest BCUT2D eigenvalue weighted by Gasteiger charge is -2.10. The lowest BCUT2D eigenvalue weighted by molar-refractivity contribution is 0.489. The normalized spacial score (nSPS) is 11.3. The second kappa shape index (κ2) is 4.83. The van der Waals surface area contributed by atoms with Gasteiger partial charge in [0.25, 0.3) is 0 Å². The molecule has 0 radical (unpaired) electrons. The Bertz CT molecular complexity index is 548. The summed E-state index contributed by atoms with van der Waals surface area (Å²) in [5, 5.41) is 11.4. The smallest absolute Gasteiger partial charge is 0.195 e. The molecule has 2 heterocycles. The first-order valence-electron chi connectivity index (χ1n) is 5.70. The minimum Gasteiger partial charge on any atom is -0.302 e. The van der Waals surface area contributed by atoms with Gasteiger partial charge in [-0.15, -0.1) is 0 Å². The minimum atomic E-state index is 0.539. The molecule has 0 aliphatic heterocycles. The molecule has 0 saturated heterocycles. The van der Waals surface area contributed by atoms with E-state index < -0.39 is 0 Å². The molecule has 2 rings (SSSR count). The SMILES string of the molecule is Cc1ccnn1Cc1n[nH]c(=S)n1CC(C)C. The van der Waals surface area contributed by atoms with Crippen molar-refractivity contribution in [2.75, 3.05) is 0 Å². The quantitative estimate of drug-likeness (QED) is 0.847. The molecule has 6 heteroatoms. The summed E-state index contributed by atoms with van der Waals surface area (Å²) in [7, 11) is 0. The van der Waals surface area contributed by atoms with Crippen LogP contribution in [-0.4, -0.2) is 24.5 Å². The fourth-order valence-electron chi connectivity index (χ4n) is 1.72. The standard InChI is InChI=1S/C11H17N5S/c1-8(2)6-15-10(13-14-11(15)17)7-16-9(3)4-5-12-16/h4-5,8H,6-7H2,1-3H3,(H,14,17). The summed E-state index contributed by atoms with van der Waals surface area (Å²) >= 11 is 5.24. The molecule has 0 fully saturated rings. The number of nitrogens with zero attached hydrogens (tertiary/aromatic N) is 4. The van der Waals surface area contributed by atoms with Crippen LogP contribution >= 0.6 is 12.2 Å². The average Bonchev–Trinajstić information content (AvgIpc) is 2.79. The van der Waals surface area contributed by atoms with Gasteiger partial charge in [0.05, 0.1) is 0 Å². The fourth-order valence-corrected chi connectivity index (χ4v) is 1.95. The van der Waals surface area contributed by atoms with Crippen LogP contribution in [0, 0.1) is 17.6 Å². The summed E-state index contributed by atoms with van der Waals surface area (Å²) in [6.45, 7) is 7.89. The van der Waals surface area contributed by atoms with Gasteiger partial charge in [0.2, 0.25) is 0 Å². The molecule has 0 amide bonds. The second-order valence-electron chi connectivity index (χ2n) is 4.58. The Morgan fingerprint density at radius 2 is 2.24 bits per heavy atom. The summed E-state index contributed by atoms with van der Waals surface area (Å²) in [6, 6.07) is 1.98. The van der Waals surface area contributed by atoms with Crippen molar-refractivity contribution in [1.82, 2.24) is 24.5 Å². The zero-order chi connectivity index (χ0) is 12.4. The van der Waals surface area contributed by atoms with Crippen molar-refractivity contribution in [3.05, 3.63) is 28.6 Å². The van der Waals surface area contributed by atoms with Crippen molar-refractivity contribution in [2.24, 2.45) is 5.92 Å². The van der Waals surface area contributed by atoms with E-state index in [1.165, 1.54) is 0 Å². The predicted octanol–water partition coefficient (Wildman–Crippen LogP) is 2.15. The van der Waals surface area contributed by atoms with Gasteiger partial charge in [-0.05, 0) is 31.1 Å². The largest absolute Gasteiger partial charge is 0.302 e. The first-order valence-corrected chi connectivity index (χ1v) is 6.11. The predicted molar refractivity (Wildman–Crippen MR) is 68.3 cm³/mol. The molecule has 0 aromatic carbocycles. The van der Waals surface area contributed by atoms with E-state index in [1.54, 1.807) is 6.20 Å². The molecule has 0 saturated carbocycles. The van der Waals surface area contributed by atoms with Gasteiger partial charge in [-0.1, -0.05) is 13.8 Å². The first kappa shape index (κ1) is 12.0. The Kier molecular flexibility index (Phi) is 3.42. The maximum Gasteiger partial charge on any atom is 0.195 e. The molecule has 2 aromatic rings. The molecular formula is C11H17N5S. The van der Waals surface area contributed by atoms with Crippen LogP contribution in [-0.2, 0) is 13.1 Å². The van der Waals surface area contributed by atoms with Gasteiger partial charge in [0.15, 0.2) is 10.6 Å². The highest BCUT2D eigenvalue weighted by Crippen LogP contribution is 2.07. The first-order chi connectivity index (χ1) is 8.08. The molecule has 0 bridgehead atoms. The Balaban J connectivity index is 2.27.